The molecule has 1 heterocycles. The number of benzene rings is 2. The van der Waals surface area contributed by atoms with Crippen molar-refractivity contribution in [3.8, 4) is 11.6 Å². The van der Waals surface area contributed by atoms with Gasteiger partial charge in [-0.25, -0.2) is 9.36 Å². The second-order valence-corrected chi connectivity index (χ2v) is 7.26. The Hall–Kier alpha value is -3.13. The fourth-order valence-electron chi connectivity index (χ4n) is 2.75. The van der Waals surface area contributed by atoms with E-state index in [9.17, 15) is 14.7 Å². The smallest absolute Gasteiger partial charge is 0.335 e. The highest BCUT2D eigenvalue weighted by molar-refractivity contribution is 9.10. The number of aryl methyl sites for hydroxylation is 3. The number of aromatic nitrogens is 2. The van der Waals surface area contributed by atoms with Crippen LogP contribution in [0.3, 0.4) is 0 Å². The molecule has 28 heavy (non-hydrogen) atoms. The molecule has 144 valence electrons. The average Bonchev–Trinajstić information content (AvgIpc) is 2.63. The predicted molar refractivity (Wildman–Crippen MR) is 114 cm³/mol. The molecule has 2 aromatic carbocycles. The van der Waals surface area contributed by atoms with Crippen LogP contribution in [-0.4, -0.2) is 20.9 Å². The molecule has 0 radical (unpaired) electrons. The number of rotatable bonds is 4. The van der Waals surface area contributed by atoms with E-state index in [1.807, 2.05) is 51.1 Å². The second-order valence-electron chi connectivity index (χ2n) is 6.40. The van der Waals surface area contributed by atoms with Crippen molar-refractivity contribution >= 4 is 27.8 Å². The van der Waals surface area contributed by atoms with Gasteiger partial charge in [-0.15, -0.1) is 0 Å². The summed E-state index contributed by atoms with van der Waals surface area (Å²) >= 11 is 3.44. The summed E-state index contributed by atoms with van der Waals surface area (Å²) in [5.41, 5.74) is 5.11. The summed E-state index contributed by atoms with van der Waals surface area (Å²) in [4.78, 5) is 26.8. The SMILES string of the molecule is Cc1cc(-n2c(O)c(C=NNc3ccccc3C)c(=O)[nH]c2=O)c(C)cc1Br. The largest absolute Gasteiger partial charge is 0.493 e. The Kier molecular flexibility index (Phi) is 5.51. The first-order valence-corrected chi connectivity index (χ1v) is 9.29. The monoisotopic (exact) mass is 442 g/mol. The molecule has 8 heteroatoms. The molecule has 0 spiro atoms. The quantitative estimate of drug-likeness (QED) is 0.425. The van der Waals surface area contributed by atoms with Crippen molar-refractivity contribution < 1.29 is 5.11 Å². The maximum Gasteiger partial charge on any atom is 0.335 e. The lowest BCUT2D eigenvalue weighted by Gasteiger charge is -2.14. The van der Waals surface area contributed by atoms with E-state index in [2.05, 4.69) is 31.4 Å². The lowest BCUT2D eigenvalue weighted by atomic mass is 10.1. The fraction of sp³-hybridized carbons (Fsp3) is 0.150. The molecular formula is C20H19BrN4O3. The van der Waals surface area contributed by atoms with Gasteiger partial charge < -0.3 is 5.11 Å². The number of aromatic amines is 1. The third kappa shape index (κ3) is 3.77. The summed E-state index contributed by atoms with van der Waals surface area (Å²) in [7, 11) is 0. The number of nitrogens with zero attached hydrogens (tertiary/aromatic N) is 2. The molecule has 0 aliphatic heterocycles. The molecule has 0 amide bonds. The molecule has 3 aromatic rings. The van der Waals surface area contributed by atoms with Gasteiger partial charge in [0.25, 0.3) is 5.56 Å². The van der Waals surface area contributed by atoms with Gasteiger partial charge in [-0.3, -0.25) is 15.2 Å². The molecule has 0 unspecified atom stereocenters. The van der Waals surface area contributed by atoms with E-state index < -0.39 is 17.1 Å². The maximum absolute atomic E-state index is 12.4. The third-order valence-corrected chi connectivity index (χ3v) is 5.22. The first kappa shape index (κ1) is 19.6. The minimum Gasteiger partial charge on any atom is -0.493 e. The van der Waals surface area contributed by atoms with Gasteiger partial charge in [0.05, 0.1) is 17.6 Å². The van der Waals surface area contributed by atoms with Crippen LogP contribution < -0.4 is 16.7 Å². The average molecular weight is 443 g/mol. The van der Waals surface area contributed by atoms with Gasteiger partial charge in [0.2, 0.25) is 5.88 Å². The van der Waals surface area contributed by atoms with E-state index >= 15 is 0 Å². The van der Waals surface area contributed by atoms with E-state index in [0.29, 0.717) is 5.69 Å². The summed E-state index contributed by atoms with van der Waals surface area (Å²) in [5, 5.41) is 14.7. The number of hydrogen-bond donors (Lipinski definition) is 3. The maximum atomic E-state index is 12.4. The van der Waals surface area contributed by atoms with Crippen molar-refractivity contribution in [3.05, 3.63) is 84.0 Å². The van der Waals surface area contributed by atoms with Gasteiger partial charge in [0, 0.05) is 4.47 Å². The number of halogens is 1. The molecular weight excluding hydrogens is 424 g/mol. The minimum absolute atomic E-state index is 0.124. The van der Waals surface area contributed by atoms with Gasteiger partial charge >= 0.3 is 5.69 Å². The van der Waals surface area contributed by atoms with Crippen LogP contribution in [0.2, 0.25) is 0 Å². The van der Waals surface area contributed by atoms with Gasteiger partial charge in [-0.2, -0.15) is 5.10 Å². The van der Waals surface area contributed by atoms with E-state index in [1.165, 1.54) is 6.21 Å². The Balaban J connectivity index is 2.07. The lowest BCUT2D eigenvalue weighted by molar-refractivity contribution is 0.430. The summed E-state index contributed by atoms with van der Waals surface area (Å²) < 4.78 is 1.95. The summed E-state index contributed by atoms with van der Waals surface area (Å²) in [6.45, 7) is 5.60. The molecule has 0 saturated heterocycles. The molecule has 0 saturated carbocycles. The minimum atomic E-state index is -0.726. The molecule has 0 atom stereocenters. The van der Waals surface area contributed by atoms with E-state index in [4.69, 9.17) is 0 Å². The molecule has 3 rings (SSSR count). The number of hydrazone groups is 1. The first-order valence-electron chi connectivity index (χ1n) is 8.49. The second kappa shape index (κ2) is 7.85. The van der Waals surface area contributed by atoms with Crippen molar-refractivity contribution in [2.24, 2.45) is 5.10 Å². The number of anilines is 1. The van der Waals surface area contributed by atoms with E-state index in [-0.39, 0.29) is 5.56 Å². The topological polar surface area (TPSA) is 99.5 Å². The highest BCUT2D eigenvalue weighted by Crippen LogP contribution is 2.25. The highest BCUT2D eigenvalue weighted by atomic mass is 79.9. The zero-order valence-corrected chi connectivity index (χ0v) is 17.2. The number of nitrogens with one attached hydrogen (secondary N) is 2. The Bertz CT molecular complexity index is 1200. The number of aromatic hydroxyl groups is 1. The normalized spacial score (nSPS) is 11.1. The molecule has 0 bridgehead atoms. The predicted octanol–water partition coefficient (Wildman–Crippen LogP) is 3.37. The van der Waals surface area contributed by atoms with Gasteiger partial charge in [-0.1, -0.05) is 34.1 Å². The molecule has 1 aromatic heterocycles. The Morgan fingerprint density at radius 3 is 2.54 bits per heavy atom. The van der Waals surface area contributed by atoms with Crippen LogP contribution in [0, 0.1) is 20.8 Å². The van der Waals surface area contributed by atoms with Gasteiger partial charge in [0.1, 0.15) is 5.56 Å². The first-order chi connectivity index (χ1) is 13.3. The van der Waals surface area contributed by atoms with Crippen molar-refractivity contribution in [3.63, 3.8) is 0 Å². The fourth-order valence-corrected chi connectivity index (χ4v) is 3.21. The molecule has 3 N–H and O–H groups in total. The van der Waals surface area contributed by atoms with E-state index in [1.54, 1.807) is 6.07 Å². The van der Waals surface area contributed by atoms with Crippen LogP contribution in [0.5, 0.6) is 5.88 Å². The summed E-state index contributed by atoms with van der Waals surface area (Å²) in [5.74, 6) is -0.478. The molecule has 0 aliphatic rings. The van der Waals surface area contributed by atoms with Crippen molar-refractivity contribution in [1.82, 2.24) is 9.55 Å². The van der Waals surface area contributed by atoms with Crippen LogP contribution in [-0.2, 0) is 0 Å². The standard InChI is InChI=1S/C20H19BrN4O3/c1-11-6-4-5-7-16(11)24-22-10-14-18(26)23-20(28)25(19(14)27)17-9-12(2)15(21)8-13(17)3/h4-10,24,27H,1-3H3,(H,23,26,28). The number of H-pyrrole nitrogens is 1. The van der Waals surface area contributed by atoms with Crippen LogP contribution in [0.4, 0.5) is 5.69 Å². The van der Waals surface area contributed by atoms with Gasteiger partial charge in [0.15, 0.2) is 0 Å². The number of hydrogen-bond acceptors (Lipinski definition) is 5. The van der Waals surface area contributed by atoms with Crippen molar-refractivity contribution in [2.45, 2.75) is 20.8 Å². The van der Waals surface area contributed by atoms with Crippen LogP contribution >= 0.6 is 15.9 Å². The third-order valence-electron chi connectivity index (χ3n) is 4.36. The molecule has 7 nitrogen and oxygen atoms in total. The van der Waals surface area contributed by atoms with Crippen LogP contribution in [0.1, 0.15) is 22.3 Å². The van der Waals surface area contributed by atoms with Gasteiger partial charge in [-0.05, 0) is 55.7 Å². The van der Waals surface area contributed by atoms with Crippen molar-refractivity contribution in [1.29, 1.82) is 0 Å². The summed E-state index contributed by atoms with van der Waals surface area (Å²) in [6.07, 6.45) is 1.19. The van der Waals surface area contributed by atoms with Crippen LogP contribution in [0.15, 0.2) is 55.6 Å². The Labute approximate surface area is 169 Å². The summed E-state index contributed by atoms with van der Waals surface area (Å²) in [6, 6.07) is 11.1. The Morgan fingerprint density at radius 1 is 1.11 bits per heavy atom. The van der Waals surface area contributed by atoms with E-state index in [0.717, 1.165) is 31.4 Å². The van der Waals surface area contributed by atoms with Crippen molar-refractivity contribution in [2.75, 3.05) is 5.43 Å². The molecule has 0 aliphatic carbocycles. The Morgan fingerprint density at radius 2 is 1.82 bits per heavy atom. The molecule has 0 fully saturated rings. The highest BCUT2D eigenvalue weighted by Gasteiger charge is 2.16. The number of para-hydroxylation sites is 1. The zero-order valence-electron chi connectivity index (χ0n) is 15.6. The zero-order chi connectivity index (χ0) is 20.4. The lowest BCUT2D eigenvalue weighted by Crippen LogP contribution is -2.31. The van der Waals surface area contributed by atoms with Crippen LogP contribution in [0.25, 0.3) is 5.69 Å².